The van der Waals surface area contributed by atoms with Crippen LogP contribution in [0.4, 0.5) is 11.4 Å². The van der Waals surface area contributed by atoms with E-state index in [1.807, 2.05) is 18.2 Å². The smallest absolute Gasteiger partial charge is 0.280 e. The van der Waals surface area contributed by atoms with E-state index >= 15 is 0 Å². The monoisotopic (exact) mass is 529 g/mol. The summed E-state index contributed by atoms with van der Waals surface area (Å²) < 4.78 is 7.35. The molecule has 0 N–H and O–H groups in total. The number of benzene rings is 2. The number of anilines is 1. The number of nitrogens with zero attached hydrogens (tertiary/aromatic N) is 3. The number of hydrogen-bond donors (Lipinski definition) is 0. The van der Waals surface area contributed by atoms with Crippen LogP contribution in [-0.2, 0) is 4.79 Å². The first-order valence-corrected chi connectivity index (χ1v) is 10.3. The van der Waals surface area contributed by atoms with Crippen molar-refractivity contribution in [2.45, 2.75) is 6.92 Å². The van der Waals surface area contributed by atoms with E-state index in [9.17, 15) is 14.9 Å². The number of hydrazone groups is 1. The quantitative estimate of drug-likeness (QED) is 0.228. The maximum absolute atomic E-state index is 12.9. The summed E-state index contributed by atoms with van der Waals surface area (Å²) in [5.74, 6) is 0.624. The number of amides is 1. The summed E-state index contributed by atoms with van der Waals surface area (Å²) in [6, 6.07) is 15.2. The summed E-state index contributed by atoms with van der Waals surface area (Å²) >= 11 is 6.79. The third-order valence-electron chi connectivity index (χ3n) is 4.45. The summed E-state index contributed by atoms with van der Waals surface area (Å²) in [5, 5.41) is 16.8. The van der Waals surface area contributed by atoms with Crippen molar-refractivity contribution in [1.82, 2.24) is 0 Å². The Morgan fingerprint density at radius 2 is 1.93 bits per heavy atom. The Balaban J connectivity index is 1.65. The number of carbonyl (C=O) groups is 1. The lowest BCUT2D eigenvalue weighted by atomic mass is 10.1. The molecule has 1 aromatic heterocycles. The summed E-state index contributed by atoms with van der Waals surface area (Å²) in [7, 11) is 0. The zero-order valence-electron chi connectivity index (χ0n) is 15.5. The second-order valence-corrected chi connectivity index (χ2v) is 8.23. The molecule has 7 nitrogen and oxygen atoms in total. The Labute approximate surface area is 188 Å². The molecule has 9 heteroatoms. The molecule has 0 spiro atoms. The minimum Gasteiger partial charge on any atom is -0.457 e. The molecule has 0 saturated heterocycles. The van der Waals surface area contributed by atoms with Gasteiger partial charge in [-0.3, -0.25) is 14.9 Å². The van der Waals surface area contributed by atoms with Gasteiger partial charge in [0.2, 0.25) is 0 Å². The largest absolute Gasteiger partial charge is 0.457 e. The summed E-state index contributed by atoms with van der Waals surface area (Å²) in [6.45, 7) is 1.75. The minimum atomic E-state index is -0.463. The van der Waals surface area contributed by atoms with Gasteiger partial charge < -0.3 is 4.42 Å². The molecule has 4 rings (SSSR count). The molecule has 0 fully saturated rings. The van der Waals surface area contributed by atoms with E-state index in [0.29, 0.717) is 38.5 Å². The molecule has 0 unspecified atom stereocenters. The fourth-order valence-corrected chi connectivity index (χ4v) is 3.83. The van der Waals surface area contributed by atoms with Gasteiger partial charge in [0.1, 0.15) is 11.5 Å². The molecule has 2 aromatic carbocycles. The zero-order chi connectivity index (χ0) is 21.4. The second-order valence-electron chi connectivity index (χ2n) is 6.46. The highest BCUT2D eigenvalue weighted by Gasteiger charge is 2.29. The molecular formula is C21H13Br2N3O4. The molecule has 1 amide bonds. The van der Waals surface area contributed by atoms with Gasteiger partial charge >= 0.3 is 0 Å². The molecule has 0 aliphatic carbocycles. The van der Waals surface area contributed by atoms with E-state index in [1.165, 1.54) is 17.1 Å². The van der Waals surface area contributed by atoms with E-state index in [0.717, 1.165) is 4.47 Å². The van der Waals surface area contributed by atoms with Crippen LogP contribution in [0.5, 0.6) is 0 Å². The first-order chi connectivity index (χ1) is 14.3. The van der Waals surface area contributed by atoms with Crippen LogP contribution in [0.1, 0.15) is 12.7 Å². The average Bonchev–Trinajstić information content (AvgIpc) is 3.28. The highest BCUT2D eigenvalue weighted by atomic mass is 79.9. The number of rotatable bonds is 4. The van der Waals surface area contributed by atoms with Crippen LogP contribution in [0.25, 0.3) is 17.4 Å². The highest BCUT2D eigenvalue weighted by Crippen LogP contribution is 2.34. The molecule has 30 heavy (non-hydrogen) atoms. The topological polar surface area (TPSA) is 89.0 Å². The zero-order valence-corrected chi connectivity index (χ0v) is 18.7. The Kier molecular flexibility index (Phi) is 5.40. The first-order valence-electron chi connectivity index (χ1n) is 8.75. The number of nitro groups is 1. The summed E-state index contributed by atoms with van der Waals surface area (Å²) in [6.07, 6.45) is 1.62. The predicted molar refractivity (Wildman–Crippen MR) is 121 cm³/mol. The number of nitro benzene ring substituents is 1. The Bertz CT molecular complexity index is 1250. The third kappa shape index (κ3) is 3.86. The lowest BCUT2D eigenvalue weighted by Gasteiger charge is -2.11. The Morgan fingerprint density at radius 3 is 2.67 bits per heavy atom. The molecule has 0 atom stereocenters. The van der Waals surface area contributed by atoms with Gasteiger partial charge in [-0.15, -0.1) is 0 Å². The Morgan fingerprint density at radius 1 is 1.13 bits per heavy atom. The third-order valence-corrected chi connectivity index (χ3v) is 5.64. The summed E-state index contributed by atoms with van der Waals surface area (Å²) in [5.41, 5.74) is 2.14. The number of non-ortho nitro benzene ring substituents is 1. The van der Waals surface area contributed by atoms with Gasteiger partial charge in [-0.1, -0.05) is 37.9 Å². The molecule has 150 valence electrons. The van der Waals surface area contributed by atoms with Gasteiger partial charge in [0.15, 0.2) is 0 Å². The van der Waals surface area contributed by atoms with Gasteiger partial charge in [-0.2, -0.15) is 10.1 Å². The van der Waals surface area contributed by atoms with Crippen molar-refractivity contribution in [2.24, 2.45) is 5.10 Å². The number of furan rings is 1. The van der Waals surface area contributed by atoms with Crippen molar-refractivity contribution >= 4 is 60.9 Å². The van der Waals surface area contributed by atoms with E-state index in [2.05, 4.69) is 37.0 Å². The molecule has 1 aliphatic rings. The van der Waals surface area contributed by atoms with Crippen LogP contribution in [0.3, 0.4) is 0 Å². The number of carbonyl (C=O) groups excluding carboxylic acids is 1. The normalized spacial score (nSPS) is 15.0. The van der Waals surface area contributed by atoms with Crippen molar-refractivity contribution in [3.8, 4) is 11.3 Å². The van der Waals surface area contributed by atoms with Crippen molar-refractivity contribution in [3.63, 3.8) is 0 Å². The molecule has 0 saturated carbocycles. The van der Waals surface area contributed by atoms with Crippen LogP contribution in [0, 0.1) is 10.1 Å². The SMILES string of the molecule is CC1=NN(c2cccc(Br)c2)C(=O)/C1=C\c1ccc(-c2cc([N+](=O)[O-])ccc2Br)o1. The fourth-order valence-electron chi connectivity index (χ4n) is 3.00. The number of hydrogen-bond acceptors (Lipinski definition) is 5. The molecule has 2 heterocycles. The highest BCUT2D eigenvalue weighted by molar-refractivity contribution is 9.10. The fraction of sp³-hybridized carbons (Fsp3) is 0.0476. The van der Waals surface area contributed by atoms with Gasteiger partial charge in [0.25, 0.3) is 11.6 Å². The molecule has 1 aliphatic heterocycles. The minimum absolute atomic E-state index is 0.0388. The molecule has 3 aromatic rings. The van der Waals surface area contributed by atoms with Gasteiger partial charge in [0.05, 0.1) is 21.9 Å². The van der Waals surface area contributed by atoms with Crippen molar-refractivity contribution in [3.05, 3.63) is 85.0 Å². The Hall–Kier alpha value is -3.04. The maximum Gasteiger partial charge on any atom is 0.280 e. The van der Waals surface area contributed by atoms with E-state index in [1.54, 1.807) is 37.3 Å². The molecule has 0 bridgehead atoms. The average molecular weight is 531 g/mol. The molecular weight excluding hydrogens is 518 g/mol. The van der Waals surface area contributed by atoms with Crippen LogP contribution < -0.4 is 5.01 Å². The predicted octanol–water partition coefficient (Wildman–Crippen LogP) is 6.19. The van der Waals surface area contributed by atoms with Crippen LogP contribution in [0.2, 0.25) is 0 Å². The van der Waals surface area contributed by atoms with E-state index < -0.39 is 4.92 Å². The van der Waals surface area contributed by atoms with Crippen LogP contribution >= 0.6 is 31.9 Å². The van der Waals surface area contributed by atoms with Crippen LogP contribution in [-0.4, -0.2) is 16.5 Å². The number of halogens is 2. The van der Waals surface area contributed by atoms with Gasteiger partial charge in [-0.25, -0.2) is 0 Å². The van der Waals surface area contributed by atoms with Crippen LogP contribution in [0.15, 0.2) is 78.6 Å². The second kappa shape index (κ2) is 8.00. The van der Waals surface area contributed by atoms with Gasteiger partial charge in [-0.05, 0) is 49.4 Å². The first kappa shape index (κ1) is 20.2. The van der Waals surface area contributed by atoms with E-state index in [-0.39, 0.29) is 11.6 Å². The van der Waals surface area contributed by atoms with Gasteiger partial charge in [0, 0.05) is 26.6 Å². The lowest BCUT2D eigenvalue weighted by Crippen LogP contribution is -2.21. The van der Waals surface area contributed by atoms with Crippen molar-refractivity contribution in [1.29, 1.82) is 0 Å². The lowest BCUT2D eigenvalue weighted by molar-refractivity contribution is -0.384. The summed E-state index contributed by atoms with van der Waals surface area (Å²) in [4.78, 5) is 23.5. The van der Waals surface area contributed by atoms with E-state index in [4.69, 9.17) is 4.42 Å². The maximum atomic E-state index is 12.9. The van der Waals surface area contributed by atoms with Crippen molar-refractivity contribution in [2.75, 3.05) is 5.01 Å². The molecule has 0 radical (unpaired) electrons. The van der Waals surface area contributed by atoms with Crippen molar-refractivity contribution < 1.29 is 14.1 Å². The standard InChI is InChI=1S/C21H13Br2N3O4/c1-12-17(21(27)25(24-12)14-4-2-3-13(22)9-14)11-16-6-8-20(30-16)18-10-15(26(28)29)5-7-19(18)23/h2-11H,1H3/b17-11-.